The van der Waals surface area contributed by atoms with Gasteiger partial charge in [-0.05, 0) is 60.2 Å². The van der Waals surface area contributed by atoms with Gasteiger partial charge in [-0.15, -0.1) is 0 Å². The molecule has 1 amide bonds. The fraction of sp³-hybridized carbons (Fsp3) is 0.240. The number of carbonyl (C=O) groups is 1. The SMILES string of the molecule is COc1cccc(OCc2ccc(C(=O)N[C@H]3CCCc4ccccc43)cc2)c1. The number of rotatable bonds is 6. The number of methoxy groups -OCH3 is 1. The van der Waals surface area contributed by atoms with E-state index < -0.39 is 0 Å². The van der Waals surface area contributed by atoms with Gasteiger partial charge in [-0.3, -0.25) is 4.79 Å². The van der Waals surface area contributed by atoms with E-state index >= 15 is 0 Å². The van der Waals surface area contributed by atoms with E-state index in [1.807, 2.05) is 54.6 Å². The van der Waals surface area contributed by atoms with E-state index in [-0.39, 0.29) is 11.9 Å². The Balaban J connectivity index is 1.37. The zero-order valence-corrected chi connectivity index (χ0v) is 16.6. The predicted molar refractivity (Wildman–Crippen MR) is 113 cm³/mol. The molecule has 0 aromatic heterocycles. The molecule has 1 atom stereocenters. The molecule has 3 aromatic rings. The van der Waals surface area contributed by atoms with Crippen LogP contribution in [0.25, 0.3) is 0 Å². The van der Waals surface area contributed by atoms with Crippen LogP contribution < -0.4 is 14.8 Å². The molecule has 4 rings (SSSR count). The van der Waals surface area contributed by atoms with E-state index in [1.165, 1.54) is 11.1 Å². The third kappa shape index (κ3) is 4.60. The highest BCUT2D eigenvalue weighted by atomic mass is 16.5. The Morgan fingerprint density at radius 2 is 1.79 bits per heavy atom. The lowest BCUT2D eigenvalue weighted by Gasteiger charge is -2.26. The van der Waals surface area contributed by atoms with E-state index in [4.69, 9.17) is 9.47 Å². The first kappa shape index (κ1) is 19.1. The Hall–Kier alpha value is -3.27. The molecule has 0 saturated carbocycles. The van der Waals surface area contributed by atoms with Gasteiger partial charge in [0.15, 0.2) is 0 Å². The number of carbonyl (C=O) groups excluding carboxylic acids is 1. The van der Waals surface area contributed by atoms with Crippen molar-refractivity contribution in [1.82, 2.24) is 5.32 Å². The van der Waals surface area contributed by atoms with E-state index in [9.17, 15) is 4.79 Å². The van der Waals surface area contributed by atoms with E-state index in [0.717, 1.165) is 36.3 Å². The molecule has 1 aliphatic rings. The van der Waals surface area contributed by atoms with Gasteiger partial charge < -0.3 is 14.8 Å². The van der Waals surface area contributed by atoms with Crippen molar-refractivity contribution in [2.45, 2.75) is 31.9 Å². The van der Waals surface area contributed by atoms with Crippen LogP contribution in [0.4, 0.5) is 0 Å². The smallest absolute Gasteiger partial charge is 0.251 e. The Kier molecular flexibility index (Phi) is 5.80. The summed E-state index contributed by atoms with van der Waals surface area (Å²) in [7, 11) is 1.63. The van der Waals surface area contributed by atoms with Crippen LogP contribution in [0, 0.1) is 0 Å². The number of nitrogens with one attached hydrogen (secondary N) is 1. The second-order valence-electron chi connectivity index (χ2n) is 7.28. The topological polar surface area (TPSA) is 47.6 Å². The number of benzene rings is 3. The van der Waals surface area contributed by atoms with Crippen molar-refractivity contribution in [3.63, 3.8) is 0 Å². The summed E-state index contributed by atoms with van der Waals surface area (Å²) in [5, 5.41) is 3.20. The molecule has 0 aliphatic heterocycles. The first-order valence-electron chi connectivity index (χ1n) is 9.97. The van der Waals surface area contributed by atoms with Gasteiger partial charge in [0.05, 0.1) is 13.2 Å². The standard InChI is InChI=1S/C25H25NO3/c1-28-21-8-5-9-22(16-21)29-17-18-12-14-20(15-13-18)25(27)26-24-11-4-7-19-6-2-3-10-23(19)24/h2-3,5-6,8-10,12-16,24H,4,7,11,17H2,1H3,(H,26,27)/t24-/m0/s1. The molecule has 0 saturated heterocycles. The average molecular weight is 387 g/mol. The Bertz CT molecular complexity index is 981. The van der Waals surface area contributed by atoms with Gasteiger partial charge in [-0.1, -0.05) is 42.5 Å². The monoisotopic (exact) mass is 387 g/mol. The maximum Gasteiger partial charge on any atom is 0.251 e. The van der Waals surface area contributed by atoms with Gasteiger partial charge in [0, 0.05) is 11.6 Å². The van der Waals surface area contributed by atoms with Crippen molar-refractivity contribution in [3.8, 4) is 11.5 Å². The quantitative estimate of drug-likeness (QED) is 0.641. The number of fused-ring (bicyclic) bond motifs is 1. The first-order chi connectivity index (χ1) is 14.2. The van der Waals surface area contributed by atoms with Crippen molar-refractivity contribution in [2.75, 3.05) is 7.11 Å². The molecule has 1 N–H and O–H groups in total. The van der Waals surface area contributed by atoms with Gasteiger partial charge in [0.1, 0.15) is 18.1 Å². The lowest BCUT2D eigenvalue weighted by atomic mass is 9.87. The highest BCUT2D eigenvalue weighted by Gasteiger charge is 2.21. The first-order valence-corrected chi connectivity index (χ1v) is 9.97. The van der Waals surface area contributed by atoms with Gasteiger partial charge in [0.25, 0.3) is 5.91 Å². The largest absolute Gasteiger partial charge is 0.497 e. The number of amides is 1. The highest BCUT2D eigenvalue weighted by Crippen LogP contribution is 2.29. The van der Waals surface area contributed by atoms with Crippen molar-refractivity contribution in [1.29, 1.82) is 0 Å². The summed E-state index contributed by atoms with van der Waals surface area (Å²) < 4.78 is 11.0. The average Bonchev–Trinajstić information content (AvgIpc) is 2.78. The minimum atomic E-state index is -0.0352. The van der Waals surface area contributed by atoms with Crippen molar-refractivity contribution < 1.29 is 14.3 Å². The molecule has 1 aliphatic carbocycles. The second-order valence-corrected chi connectivity index (χ2v) is 7.28. The Morgan fingerprint density at radius 3 is 2.62 bits per heavy atom. The molecule has 0 unspecified atom stereocenters. The van der Waals surface area contributed by atoms with Gasteiger partial charge in [-0.25, -0.2) is 0 Å². The van der Waals surface area contributed by atoms with Gasteiger partial charge in [0.2, 0.25) is 0 Å². The van der Waals surface area contributed by atoms with Crippen molar-refractivity contribution in [3.05, 3.63) is 95.1 Å². The van der Waals surface area contributed by atoms with Crippen LogP contribution in [-0.4, -0.2) is 13.0 Å². The summed E-state index contributed by atoms with van der Waals surface area (Å²) >= 11 is 0. The number of hydrogen-bond donors (Lipinski definition) is 1. The van der Waals surface area contributed by atoms with Crippen LogP contribution >= 0.6 is 0 Å². The molecule has 29 heavy (non-hydrogen) atoms. The lowest BCUT2D eigenvalue weighted by molar-refractivity contribution is 0.0932. The highest BCUT2D eigenvalue weighted by molar-refractivity contribution is 5.94. The molecule has 0 fully saturated rings. The zero-order chi connectivity index (χ0) is 20.1. The van der Waals surface area contributed by atoms with Crippen LogP contribution in [0.2, 0.25) is 0 Å². The number of hydrogen-bond acceptors (Lipinski definition) is 3. The molecular formula is C25H25NO3. The van der Waals surface area contributed by atoms with E-state index in [1.54, 1.807) is 7.11 Å². The predicted octanol–water partition coefficient (Wildman–Crippen LogP) is 5.08. The molecule has 148 valence electrons. The van der Waals surface area contributed by atoms with Crippen LogP contribution in [0.3, 0.4) is 0 Å². The minimum absolute atomic E-state index is 0.0352. The maximum atomic E-state index is 12.7. The molecule has 4 nitrogen and oxygen atoms in total. The molecule has 0 radical (unpaired) electrons. The summed E-state index contributed by atoms with van der Waals surface area (Å²) in [6.45, 7) is 0.436. The normalized spacial score (nSPS) is 15.3. The van der Waals surface area contributed by atoms with E-state index in [0.29, 0.717) is 12.2 Å². The van der Waals surface area contributed by atoms with Crippen LogP contribution in [0.5, 0.6) is 11.5 Å². The summed E-state index contributed by atoms with van der Waals surface area (Å²) in [6, 6.07) is 23.6. The van der Waals surface area contributed by atoms with E-state index in [2.05, 4.69) is 23.5 Å². The van der Waals surface area contributed by atoms with Crippen LogP contribution in [0.1, 0.15) is 45.9 Å². The Morgan fingerprint density at radius 1 is 1.00 bits per heavy atom. The number of aryl methyl sites for hydroxylation is 1. The molecule has 0 heterocycles. The lowest BCUT2D eigenvalue weighted by Crippen LogP contribution is -2.30. The Labute approximate surface area is 171 Å². The zero-order valence-electron chi connectivity index (χ0n) is 16.6. The fourth-order valence-corrected chi connectivity index (χ4v) is 3.76. The summed E-state index contributed by atoms with van der Waals surface area (Å²) in [5.41, 5.74) is 4.26. The van der Waals surface area contributed by atoms with Gasteiger partial charge >= 0.3 is 0 Å². The van der Waals surface area contributed by atoms with Crippen LogP contribution in [0.15, 0.2) is 72.8 Å². The molecule has 0 bridgehead atoms. The van der Waals surface area contributed by atoms with Crippen molar-refractivity contribution in [2.24, 2.45) is 0 Å². The van der Waals surface area contributed by atoms with Gasteiger partial charge in [-0.2, -0.15) is 0 Å². The fourth-order valence-electron chi connectivity index (χ4n) is 3.76. The summed E-state index contributed by atoms with van der Waals surface area (Å²) in [5.74, 6) is 1.48. The van der Waals surface area contributed by atoms with Crippen LogP contribution in [-0.2, 0) is 13.0 Å². The minimum Gasteiger partial charge on any atom is -0.497 e. The third-order valence-corrected chi connectivity index (χ3v) is 5.34. The maximum absolute atomic E-state index is 12.7. The molecular weight excluding hydrogens is 362 g/mol. The third-order valence-electron chi connectivity index (χ3n) is 5.34. The number of ether oxygens (including phenoxy) is 2. The van der Waals surface area contributed by atoms with Crippen molar-refractivity contribution >= 4 is 5.91 Å². The summed E-state index contributed by atoms with van der Waals surface area (Å²) in [6.07, 6.45) is 3.17. The molecule has 0 spiro atoms. The molecule has 4 heteroatoms. The second kappa shape index (κ2) is 8.82. The molecule has 3 aromatic carbocycles. The summed E-state index contributed by atoms with van der Waals surface area (Å²) in [4.78, 5) is 12.7.